The first-order valence-corrected chi connectivity index (χ1v) is 2.23. The number of hydrogen-bond acceptors (Lipinski definition) is 1. The van der Waals surface area contributed by atoms with Gasteiger partial charge in [0.1, 0.15) is 0 Å². The molecule has 0 unspecified atom stereocenters. The molecule has 8 heavy (non-hydrogen) atoms. The number of nitrogens with one attached hydrogen (secondary N) is 2. The van der Waals surface area contributed by atoms with E-state index in [1.54, 1.807) is 0 Å². The summed E-state index contributed by atoms with van der Waals surface area (Å²) in [6.45, 7) is 10.2. The Morgan fingerprint density at radius 1 is 1.25 bits per heavy atom. The number of urea groups is 1. The first-order valence-electron chi connectivity index (χ1n) is 2.23. The molecular weight excluding hydrogens is 104 g/mol. The molecule has 0 fully saturated rings. The fraction of sp³-hybridized carbons (Fsp3) is 0.400. The van der Waals surface area contributed by atoms with Crippen LogP contribution >= 0.6 is 0 Å². The SMILES string of the molecule is [CH]CNC(=O)NC[CH]. The highest BCUT2D eigenvalue weighted by molar-refractivity contribution is 5.73. The average Bonchev–Trinajstić information content (AvgIpc) is 1.68. The van der Waals surface area contributed by atoms with Crippen LogP contribution in [-0.4, -0.2) is 19.1 Å². The Bertz CT molecular complexity index is 64.8. The Morgan fingerprint density at radius 2 is 1.62 bits per heavy atom. The van der Waals surface area contributed by atoms with E-state index >= 15 is 0 Å². The average molecular weight is 112 g/mol. The number of carbonyl (C=O) groups excluding carboxylic acids is 1. The van der Waals surface area contributed by atoms with E-state index in [2.05, 4.69) is 10.6 Å². The molecule has 2 N–H and O–H groups in total. The molecule has 0 heterocycles. The van der Waals surface area contributed by atoms with Crippen LogP contribution in [0.1, 0.15) is 0 Å². The number of rotatable bonds is 2. The highest BCUT2D eigenvalue weighted by Crippen LogP contribution is 1.59. The van der Waals surface area contributed by atoms with Gasteiger partial charge in [0.2, 0.25) is 0 Å². The predicted molar refractivity (Wildman–Crippen MR) is 30.0 cm³/mol. The summed E-state index contributed by atoms with van der Waals surface area (Å²) in [5.41, 5.74) is 0. The maximum atomic E-state index is 10.3. The minimum atomic E-state index is -0.338. The van der Waals surface area contributed by atoms with Crippen LogP contribution in [0.5, 0.6) is 0 Å². The molecule has 0 aromatic rings. The largest absolute Gasteiger partial charge is 0.338 e. The fourth-order valence-corrected chi connectivity index (χ4v) is 0.248. The van der Waals surface area contributed by atoms with Crippen LogP contribution in [0.15, 0.2) is 0 Å². The van der Waals surface area contributed by atoms with Gasteiger partial charge in [0.05, 0.1) is 0 Å². The van der Waals surface area contributed by atoms with E-state index in [0.29, 0.717) is 0 Å². The topological polar surface area (TPSA) is 41.1 Å². The summed E-state index contributed by atoms with van der Waals surface area (Å²) in [4.78, 5) is 10.3. The molecule has 2 amide bonds. The van der Waals surface area contributed by atoms with E-state index in [1.165, 1.54) is 0 Å². The lowest BCUT2D eigenvalue weighted by Crippen LogP contribution is -2.34. The smallest absolute Gasteiger partial charge is 0.314 e. The Labute approximate surface area is 49.5 Å². The molecule has 0 aromatic carbocycles. The standard InChI is InChI=1S/C5H8N2O/c1-3-6-5(8)7-4-2/h1-2H,3-4H2,(H2,6,7,8). The molecule has 0 spiro atoms. The minimum absolute atomic E-state index is 0.131. The summed E-state index contributed by atoms with van der Waals surface area (Å²) in [6, 6.07) is -0.338. The number of hydrogen-bond donors (Lipinski definition) is 2. The van der Waals surface area contributed by atoms with E-state index in [1.807, 2.05) is 0 Å². The first kappa shape index (κ1) is 7.27. The van der Waals surface area contributed by atoms with Crippen LogP contribution in [0, 0.1) is 13.8 Å². The van der Waals surface area contributed by atoms with Crippen molar-refractivity contribution in [1.29, 1.82) is 0 Å². The van der Waals surface area contributed by atoms with Crippen LogP contribution < -0.4 is 10.6 Å². The lowest BCUT2D eigenvalue weighted by atomic mass is 10.7. The van der Waals surface area contributed by atoms with Crippen molar-refractivity contribution in [3.05, 3.63) is 13.8 Å². The van der Waals surface area contributed by atoms with Gasteiger partial charge in [0, 0.05) is 13.1 Å². The van der Waals surface area contributed by atoms with Crippen LogP contribution in [0.4, 0.5) is 4.79 Å². The van der Waals surface area contributed by atoms with Gasteiger partial charge >= 0.3 is 6.03 Å². The number of carbonyl (C=O) groups is 1. The molecule has 0 aromatic heterocycles. The van der Waals surface area contributed by atoms with Gasteiger partial charge in [-0.2, -0.15) is 0 Å². The summed E-state index contributed by atoms with van der Waals surface area (Å²) in [6.07, 6.45) is 0. The second-order valence-corrected chi connectivity index (χ2v) is 1.09. The molecule has 3 nitrogen and oxygen atoms in total. The summed E-state index contributed by atoms with van der Waals surface area (Å²) in [7, 11) is 0. The molecule has 0 saturated carbocycles. The lowest BCUT2D eigenvalue weighted by Gasteiger charge is -1.99. The quantitative estimate of drug-likeness (QED) is 0.506. The molecule has 0 aliphatic heterocycles. The summed E-state index contributed by atoms with van der Waals surface area (Å²) >= 11 is 0. The van der Waals surface area contributed by atoms with Gasteiger partial charge in [-0.05, 0) is 13.8 Å². The lowest BCUT2D eigenvalue weighted by molar-refractivity contribution is 0.243. The van der Waals surface area contributed by atoms with Crippen molar-refractivity contribution in [2.24, 2.45) is 0 Å². The second kappa shape index (κ2) is 4.43. The van der Waals surface area contributed by atoms with Gasteiger partial charge in [0.15, 0.2) is 0 Å². The van der Waals surface area contributed by atoms with Crippen molar-refractivity contribution in [2.75, 3.05) is 13.1 Å². The van der Waals surface area contributed by atoms with Crippen molar-refractivity contribution < 1.29 is 4.79 Å². The Morgan fingerprint density at radius 3 is 1.88 bits per heavy atom. The third-order valence-corrected chi connectivity index (χ3v) is 0.525. The van der Waals surface area contributed by atoms with Crippen molar-refractivity contribution in [3.8, 4) is 0 Å². The van der Waals surface area contributed by atoms with Gasteiger partial charge in [-0.1, -0.05) is 0 Å². The molecule has 3 heteroatoms. The van der Waals surface area contributed by atoms with Crippen LogP contribution in [0.25, 0.3) is 0 Å². The van der Waals surface area contributed by atoms with Crippen molar-refractivity contribution in [2.45, 2.75) is 0 Å². The third-order valence-electron chi connectivity index (χ3n) is 0.525. The van der Waals surface area contributed by atoms with E-state index in [-0.39, 0.29) is 19.1 Å². The highest BCUT2D eigenvalue weighted by Gasteiger charge is 1.90. The molecular formula is C5H8N2O. The molecule has 0 rings (SSSR count). The summed E-state index contributed by atoms with van der Waals surface area (Å²) in [5, 5.41) is 4.59. The molecule has 4 radical (unpaired) electrons. The van der Waals surface area contributed by atoms with Gasteiger partial charge < -0.3 is 10.6 Å². The monoisotopic (exact) mass is 112 g/mol. The normalized spacial score (nSPS) is 8.25. The molecule has 44 valence electrons. The molecule has 0 bridgehead atoms. The molecule has 0 atom stereocenters. The zero-order chi connectivity index (χ0) is 6.41. The first-order chi connectivity index (χ1) is 3.81. The third kappa shape index (κ3) is 3.46. The summed E-state index contributed by atoms with van der Waals surface area (Å²) < 4.78 is 0. The Kier molecular flexibility index (Phi) is 4.03. The fourth-order valence-electron chi connectivity index (χ4n) is 0.248. The maximum Gasteiger partial charge on any atom is 0.314 e. The molecule has 0 saturated heterocycles. The Hall–Kier alpha value is -0.730. The van der Waals surface area contributed by atoms with Crippen LogP contribution in [0.3, 0.4) is 0 Å². The van der Waals surface area contributed by atoms with Crippen molar-refractivity contribution >= 4 is 6.03 Å². The van der Waals surface area contributed by atoms with Gasteiger partial charge in [-0.3, -0.25) is 0 Å². The number of amides is 2. The molecule has 0 aliphatic rings. The highest BCUT2D eigenvalue weighted by atomic mass is 16.2. The van der Waals surface area contributed by atoms with Crippen molar-refractivity contribution in [1.82, 2.24) is 10.6 Å². The van der Waals surface area contributed by atoms with Gasteiger partial charge in [-0.15, -0.1) is 0 Å². The Balaban J connectivity index is 3.06. The van der Waals surface area contributed by atoms with E-state index in [4.69, 9.17) is 13.8 Å². The summed E-state index contributed by atoms with van der Waals surface area (Å²) in [5.74, 6) is 0. The van der Waals surface area contributed by atoms with E-state index in [0.717, 1.165) is 0 Å². The van der Waals surface area contributed by atoms with Crippen molar-refractivity contribution in [3.63, 3.8) is 0 Å². The van der Waals surface area contributed by atoms with Gasteiger partial charge in [-0.25, -0.2) is 4.79 Å². The van der Waals surface area contributed by atoms with E-state index < -0.39 is 0 Å². The van der Waals surface area contributed by atoms with Crippen LogP contribution in [-0.2, 0) is 0 Å². The van der Waals surface area contributed by atoms with Gasteiger partial charge in [0.25, 0.3) is 0 Å². The molecule has 0 aliphatic carbocycles. The minimum Gasteiger partial charge on any atom is -0.338 e. The zero-order valence-electron chi connectivity index (χ0n) is 4.48. The maximum absolute atomic E-state index is 10.3. The van der Waals surface area contributed by atoms with Crippen LogP contribution in [0.2, 0.25) is 0 Å². The van der Waals surface area contributed by atoms with E-state index in [9.17, 15) is 4.79 Å². The second-order valence-electron chi connectivity index (χ2n) is 1.09. The predicted octanol–water partition coefficient (Wildman–Crippen LogP) is -0.292. The zero-order valence-corrected chi connectivity index (χ0v) is 4.48.